The SMILES string of the molecule is COC(=O)c1ccsc1Br.Nc1ccccc1B(O)O.O=c1[nH]c2ccccc2c2sccc12. The van der Waals surface area contributed by atoms with Crippen LogP contribution in [-0.4, -0.2) is 35.2 Å². The summed E-state index contributed by atoms with van der Waals surface area (Å²) in [5.41, 5.74) is 7.65. The van der Waals surface area contributed by atoms with Gasteiger partial charge in [0.2, 0.25) is 0 Å². The van der Waals surface area contributed by atoms with E-state index in [2.05, 4.69) is 25.7 Å². The van der Waals surface area contributed by atoms with Gasteiger partial charge in [0.05, 0.1) is 21.8 Å². The summed E-state index contributed by atoms with van der Waals surface area (Å²) in [4.78, 5) is 25.3. The molecule has 0 fully saturated rings. The number of aromatic nitrogens is 1. The maximum Gasteiger partial charge on any atom is 0.490 e. The van der Waals surface area contributed by atoms with Gasteiger partial charge in [-0.05, 0) is 51.0 Å². The zero-order chi connectivity index (χ0) is 24.7. The normalized spacial score (nSPS) is 10.1. The van der Waals surface area contributed by atoms with E-state index in [1.165, 1.54) is 18.4 Å². The van der Waals surface area contributed by atoms with Gasteiger partial charge in [0, 0.05) is 26.8 Å². The molecule has 0 aliphatic heterocycles. The highest BCUT2D eigenvalue weighted by Crippen LogP contribution is 2.25. The number of hydrogen-bond acceptors (Lipinski definition) is 8. The Morgan fingerprint density at radius 2 is 1.68 bits per heavy atom. The molecule has 0 amide bonds. The molecule has 3 aromatic heterocycles. The lowest BCUT2D eigenvalue weighted by Crippen LogP contribution is -2.31. The molecule has 0 aliphatic carbocycles. The van der Waals surface area contributed by atoms with Crippen LogP contribution in [0.5, 0.6) is 0 Å². The standard InChI is InChI=1S/C11H7NOS.C6H8BNO2.C6H5BrO2S/c13-11-8-5-6-14-10(8)7-3-1-2-4-9(7)12-11;8-6-4-2-1-3-5(6)7(9)10;1-9-6(8)4-2-3-10-5(4)7/h1-6H,(H,12,13);1-4,9-10H,8H2;2-3H,1H3. The Morgan fingerprint density at radius 1 is 1.00 bits per heavy atom. The number of nitrogens with two attached hydrogens (primary N) is 1. The summed E-state index contributed by atoms with van der Waals surface area (Å²) >= 11 is 6.30. The summed E-state index contributed by atoms with van der Waals surface area (Å²) in [6, 6.07) is 18.1. The van der Waals surface area contributed by atoms with Crippen LogP contribution in [0.1, 0.15) is 10.4 Å². The van der Waals surface area contributed by atoms with Crippen LogP contribution in [0.4, 0.5) is 5.69 Å². The molecule has 0 aliphatic rings. The van der Waals surface area contributed by atoms with E-state index in [0.717, 1.165) is 24.8 Å². The lowest BCUT2D eigenvalue weighted by Gasteiger charge is -2.01. The fraction of sp³-hybridized carbons (Fsp3) is 0.0435. The van der Waals surface area contributed by atoms with Crippen LogP contribution in [-0.2, 0) is 4.74 Å². The van der Waals surface area contributed by atoms with Gasteiger partial charge in [0.15, 0.2) is 0 Å². The number of thiophene rings is 2. The van der Waals surface area contributed by atoms with E-state index < -0.39 is 7.12 Å². The molecule has 0 radical (unpaired) electrons. The van der Waals surface area contributed by atoms with E-state index in [-0.39, 0.29) is 11.5 Å². The average molecular weight is 559 g/mol. The molecular weight excluding hydrogens is 539 g/mol. The van der Waals surface area contributed by atoms with Gasteiger partial charge in [0.1, 0.15) is 0 Å². The lowest BCUT2D eigenvalue weighted by atomic mass is 9.79. The fourth-order valence-corrected chi connectivity index (χ4v) is 5.12. The van der Waals surface area contributed by atoms with Crippen LogP contribution in [0.2, 0.25) is 0 Å². The molecule has 11 heteroatoms. The van der Waals surface area contributed by atoms with E-state index in [0.29, 0.717) is 16.7 Å². The van der Waals surface area contributed by atoms with Crippen molar-refractivity contribution in [1.82, 2.24) is 4.98 Å². The quantitative estimate of drug-likeness (QED) is 0.147. The number of nitrogen functional groups attached to an aromatic ring is 1. The van der Waals surface area contributed by atoms with Crippen molar-refractivity contribution in [3.05, 3.63) is 91.1 Å². The van der Waals surface area contributed by atoms with Gasteiger partial charge < -0.3 is 25.5 Å². The number of esters is 1. The van der Waals surface area contributed by atoms with E-state index >= 15 is 0 Å². The number of methoxy groups -OCH3 is 1. The number of ether oxygens (including phenoxy) is 1. The number of aromatic amines is 1. The molecule has 0 atom stereocenters. The number of nitrogens with one attached hydrogen (secondary N) is 1. The van der Waals surface area contributed by atoms with Gasteiger partial charge in [-0.1, -0.05) is 36.4 Å². The maximum atomic E-state index is 11.6. The minimum atomic E-state index is -1.47. The highest BCUT2D eigenvalue weighted by atomic mass is 79.9. The first-order valence-corrected chi connectivity index (χ1v) is 12.4. The minimum Gasteiger partial charge on any atom is -0.465 e. The van der Waals surface area contributed by atoms with Gasteiger partial charge in [-0.2, -0.15) is 0 Å². The predicted molar refractivity (Wildman–Crippen MR) is 144 cm³/mol. The highest BCUT2D eigenvalue weighted by Gasteiger charge is 2.12. The van der Waals surface area contributed by atoms with Crippen LogP contribution < -0.4 is 16.8 Å². The van der Waals surface area contributed by atoms with E-state index in [9.17, 15) is 9.59 Å². The molecule has 34 heavy (non-hydrogen) atoms. The Kier molecular flexibility index (Phi) is 9.02. The summed E-state index contributed by atoms with van der Waals surface area (Å²) in [6.07, 6.45) is 0. The van der Waals surface area contributed by atoms with Crippen LogP contribution >= 0.6 is 38.6 Å². The summed E-state index contributed by atoms with van der Waals surface area (Å²) < 4.78 is 6.41. The average Bonchev–Trinajstić information content (AvgIpc) is 3.49. The second-order valence-corrected chi connectivity index (χ2v) is 9.92. The number of H-pyrrole nitrogens is 1. The number of pyridine rings is 1. The van der Waals surface area contributed by atoms with Gasteiger partial charge >= 0.3 is 13.1 Å². The van der Waals surface area contributed by atoms with Crippen molar-refractivity contribution in [1.29, 1.82) is 0 Å². The minimum absolute atomic E-state index is 0.0000463. The molecule has 0 saturated heterocycles. The number of hydrogen-bond donors (Lipinski definition) is 4. The molecule has 5 rings (SSSR count). The molecule has 174 valence electrons. The predicted octanol–water partition coefficient (Wildman–Crippen LogP) is 3.99. The fourth-order valence-electron chi connectivity index (χ4n) is 2.97. The lowest BCUT2D eigenvalue weighted by molar-refractivity contribution is 0.0600. The van der Waals surface area contributed by atoms with Crippen LogP contribution in [0, 0.1) is 0 Å². The number of anilines is 1. The first-order chi connectivity index (χ1) is 16.3. The monoisotopic (exact) mass is 558 g/mol. The molecule has 5 N–H and O–H groups in total. The van der Waals surface area contributed by atoms with E-state index in [4.69, 9.17) is 15.8 Å². The Balaban J connectivity index is 0.000000147. The molecule has 0 spiro atoms. The molecule has 7 nitrogen and oxygen atoms in total. The van der Waals surface area contributed by atoms with Gasteiger partial charge in [-0.3, -0.25) is 4.79 Å². The summed E-state index contributed by atoms with van der Waals surface area (Å²) in [5.74, 6) is -0.298. The molecule has 2 aromatic carbocycles. The number of halogens is 1. The van der Waals surface area contributed by atoms with Crippen molar-refractivity contribution in [2.24, 2.45) is 0 Å². The van der Waals surface area contributed by atoms with Crippen LogP contribution in [0.25, 0.3) is 21.0 Å². The van der Waals surface area contributed by atoms with Crippen molar-refractivity contribution in [2.75, 3.05) is 12.8 Å². The number of benzene rings is 2. The zero-order valence-corrected chi connectivity index (χ0v) is 21.1. The Bertz CT molecular complexity index is 1460. The van der Waals surface area contributed by atoms with Crippen LogP contribution in [0.3, 0.4) is 0 Å². The first-order valence-electron chi connectivity index (χ1n) is 9.83. The molecular formula is C23H20BBrN2O5S2. The van der Waals surface area contributed by atoms with Crippen molar-refractivity contribution in [3.63, 3.8) is 0 Å². The number of rotatable bonds is 2. The summed E-state index contributed by atoms with van der Waals surface area (Å²) in [7, 11) is -0.104. The van der Waals surface area contributed by atoms with Gasteiger partial charge in [-0.25, -0.2) is 4.79 Å². The van der Waals surface area contributed by atoms with E-state index in [1.54, 1.807) is 41.7 Å². The Morgan fingerprint density at radius 3 is 2.29 bits per heavy atom. The molecule has 0 saturated carbocycles. The third-order valence-electron chi connectivity index (χ3n) is 4.63. The third-order valence-corrected chi connectivity index (χ3v) is 7.26. The highest BCUT2D eigenvalue weighted by molar-refractivity contribution is 9.11. The Labute approximate surface area is 211 Å². The second-order valence-electron chi connectivity index (χ2n) is 6.77. The zero-order valence-electron chi connectivity index (χ0n) is 17.9. The maximum absolute atomic E-state index is 11.6. The first kappa shape index (κ1) is 25.7. The molecule has 0 bridgehead atoms. The number of carbonyl (C=O) groups excluding carboxylic acids is 1. The largest absolute Gasteiger partial charge is 0.490 e. The summed E-state index contributed by atoms with van der Waals surface area (Å²) in [6.45, 7) is 0. The second kappa shape index (κ2) is 12.0. The molecule has 3 heterocycles. The number of carbonyl (C=O) groups is 1. The van der Waals surface area contributed by atoms with Gasteiger partial charge in [-0.15, -0.1) is 22.7 Å². The van der Waals surface area contributed by atoms with Gasteiger partial charge in [0.25, 0.3) is 5.56 Å². The number of para-hydroxylation sites is 2. The van der Waals surface area contributed by atoms with Crippen LogP contribution in [0.15, 0.2) is 80.0 Å². The molecule has 5 aromatic rings. The van der Waals surface area contributed by atoms with Crippen molar-refractivity contribution >= 4 is 83.8 Å². The van der Waals surface area contributed by atoms with Crippen molar-refractivity contribution < 1.29 is 19.6 Å². The van der Waals surface area contributed by atoms with Crippen molar-refractivity contribution in [2.45, 2.75) is 0 Å². The van der Waals surface area contributed by atoms with E-state index in [1.807, 2.05) is 41.1 Å². The van der Waals surface area contributed by atoms with Crippen molar-refractivity contribution in [3.8, 4) is 0 Å². The topological polar surface area (TPSA) is 126 Å². The summed E-state index contributed by atoms with van der Waals surface area (Å²) in [5, 5.41) is 23.0. The molecule has 0 unspecified atom stereocenters. The third kappa shape index (κ3) is 6.13. The smallest absolute Gasteiger partial charge is 0.465 e. The Hall–Kier alpha value is -2.96. The number of fused-ring (bicyclic) bond motifs is 3.